The highest BCUT2D eigenvalue weighted by Gasteiger charge is 2.59. The van der Waals surface area contributed by atoms with E-state index in [0.29, 0.717) is 19.6 Å². The first-order valence-corrected chi connectivity index (χ1v) is 17.7. The van der Waals surface area contributed by atoms with Gasteiger partial charge in [0.2, 0.25) is 0 Å². The van der Waals surface area contributed by atoms with Crippen LogP contribution in [0.4, 0.5) is 0 Å². The standard InChI is InChI=1S/C40H68BNO3S/c1-29(30(2)46)20-18-24-45-34(43)40(15,27-35(4,5)6)38(12,13)37(10,11)28-39(14,36(7,8)9)31(3)44-25-19-23-42-26-32-21-16-17-22-33(32)41/h16-17,21-22,30,42,46H,1,3,18-20,23-28H2,2,4-15H3. The Morgan fingerprint density at radius 3 is 1.96 bits per heavy atom. The maximum atomic E-state index is 14.1. The third-order valence-electron chi connectivity index (χ3n) is 11.1. The van der Waals surface area contributed by atoms with E-state index in [9.17, 15) is 4.79 Å². The number of carbonyl (C=O) groups is 1. The van der Waals surface area contributed by atoms with Crippen LogP contribution in [0.25, 0.3) is 0 Å². The third-order valence-corrected chi connectivity index (χ3v) is 11.4. The van der Waals surface area contributed by atoms with Gasteiger partial charge in [0.05, 0.1) is 24.4 Å². The van der Waals surface area contributed by atoms with Crippen LogP contribution >= 0.6 is 12.6 Å². The van der Waals surface area contributed by atoms with E-state index in [1.807, 2.05) is 31.2 Å². The molecule has 0 aliphatic heterocycles. The van der Waals surface area contributed by atoms with Gasteiger partial charge in [0.15, 0.2) is 0 Å². The molecule has 1 N–H and O–H groups in total. The lowest BCUT2D eigenvalue weighted by Crippen LogP contribution is -2.55. The van der Waals surface area contributed by atoms with Gasteiger partial charge < -0.3 is 14.8 Å². The van der Waals surface area contributed by atoms with Crippen molar-refractivity contribution in [1.82, 2.24) is 5.32 Å². The van der Waals surface area contributed by atoms with Crippen molar-refractivity contribution in [2.24, 2.45) is 32.5 Å². The van der Waals surface area contributed by atoms with Crippen LogP contribution in [0.3, 0.4) is 0 Å². The minimum atomic E-state index is -0.725. The van der Waals surface area contributed by atoms with Crippen molar-refractivity contribution in [2.75, 3.05) is 19.8 Å². The number of hydrogen-bond donors (Lipinski definition) is 2. The molecule has 0 aliphatic carbocycles. The Hall–Kier alpha value is -1.66. The second kappa shape index (κ2) is 16.6. The normalized spacial score (nSPS) is 16.2. The lowest BCUT2D eigenvalue weighted by atomic mass is 9.47. The zero-order valence-corrected chi connectivity index (χ0v) is 32.8. The number of nitrogens with one attached hydrogen (secondary N) is 1. The first-order valence-electron chi connectivity index (χ1n) is 17.2. The summed E-state index contributed by atoms with van der Waals surface area (Å²) in [4.78, 5) is 14.1. The van der Waals surface area contributed by atoms with Crippen LogP contribution in [0, 0.1) is 32.5 Å². The van der Waals surface area contributed by atoms with E-state index in [0.717, 1.165) is 61.1 Å². The van der Waals surface area contributed by atoms with Crippen LogP contribution in [0.1, 0.15) is 128 Å². The van der Waals surface area contributed by atoms with Crippen LogP contribution in [0.15, 0.2) is 48.8 Å². The van der Waals surface area contributed by atoms with E-state index in [1.165, 1.54) is 0 Å². The minimum absolute atomic E-state index is 0.0722. The number of ether oxygens (including phenoxy) is 2. The highest BCUT2D eigenvalue weighted by atomic mass is 32.1. The maximum absolute atomic E-state index is 14.1. The van der Waals surface area contributed by atoms with Crippen molar-refractivity contribution in [3.8, 4) is 0 Å². The summed E-state index contributed by atoms with van der Waals surface area (Å²) in [5.74, 6) is 0.678. The molecule has 0 amide bonds. The van der Waals surface area contributed by atoms with Gasteiger partial charge in [0, 0.05) is 17.2 Å². The van der Waals surface area contributed by atoms with Crippen molar-refractivity contribution in [1.29, 1.82) is 0 Å². The molecule has 1 aromatic rings. The molecule has 6 heteroatoms. The molecule has 0 saturated carbocycles. The summed E-state index contributed by atoms with van der Waals surface area (Å²) in [5, 5.41) is 3.61. The molecule has 4 nitrogen and oxygen atoms in total. The SMILES string of the molecule is [B]c1ccccc1CNCCCOC(=C)C(C)(CC(C)(C)C(C)(C)C(C)(CC(C)(C)C)C(=O)OCCCC(=C)C(C)S)C(C)(C)C. The van der Waals surface area contributed by atoms with E-state index in [-0.39, 0.29) is 32.9 Å². The Bertz CT molecular complexity index is 1160. The minimum Gasteiger partial charge on any atom is -0.498 e. The summed E-state index contributed by atoms with van der Waals surface area (Å²) in [6.07, 6.45) is 3.91. The molecule has 46 heavy (non-hydrogen) atoms. The lowest BCUT2D eigenvalue weighted by molar-refractivity contribution is -0.177. The summed E-state index contributed by atoms with van der Waals surface area (Å²) in [6, 6.07) is 7.94. The molecular formula is C40H68BNO3S. The van der Waals surface area contributed by atoms with Crippen molar-refractivity contribution >= 4 is 31.9 Å². The second-order valence-corrected chi connectivity index (χ2v) is 18.2. The van der Waals surface area contributed by atoms with Crippen molar-refractivity contribution in [3.05, 3.63) is 54.3 Å². The van der Waals surface area contributed by atoms with Crippen molar-refractivity contribution < 1.29 is 14.3 Å². The van der Waals surface area contributed by atoms with Crippen LogP contribution in [-0.2, 0) is 20.8 Å². The van der Waals surface area contributed by atoms with Gasteiger partial charge in [-0.25, -0.2) is 0 Å². The van der Waals surface area contributed by atoms with Gasteiger partial charge in [0.1, 0.15) is 7.85 Å². The zero-order chi connectivity index (χ0) is 35.8. The number of benzene rings is 1. The smallest absolute Gasteiger partial charge is 0.312 e. The number of hydrogen-bond acceptors (Lipinski definition) is 5. The lowest BCUT2D eigenvalue weighted by Gasteiger charge is -2.57. The molecular weight excluding hydrogens is 585 g/mol. The number of esters is 1. The molecule has 2 radical (unpaired) electrons. The highest BCUT2D eigenvalue weighted by Crippen LogP contribution is 2.62. The molecule has 1 aromatic carbocycles. The summed E-state index contributed by atoms with van der Waals surface area (Å²) in [6.45, 7) is 40.1. The van der Waals surface area contributed by atoms with Crippen molar-refractivity contribution in [3.63, 3.8) is 0 Å². The van der Waals surface area contributed by atoms with Gasteiger partial charge >= 0.3 is 5.97 Å². The topological polar surface area (TPSA) is 47.6 Å². The van der Waals surface area contributed by atoms with Crippen LogP contribution in [0.2, 0.25) is 0 Å². The van der Waals surface area contributed by atoms with Gasteiger partial charge in [0.25, 0.3) is 0 Å². The maximum Gasteiger partial charge on any atom is 0.312 e. The average Bonchev–Trinajstić information content (AvgIpc) is 2.91. The number of rotatable bonds is 19. The number of thiol groups is 1. The highest BCUT2D eigenvalue weighted by molar-refractivity contribution is 7.81. The molecule has 0 bridgehead atoms. The van der Waals surface area contributed by atoms with E-state index >= 15 is 0 Å². The Kier molecular flexibility index (Phi) is 15.3. The summed E-state index contributed by atoms with van der Waals surface area (Å²) in [5.41, 5.74) is 0.989. The molecule has 0 fully saturated rings. The average molecular weight is 654 g/mol. The molecule has 260 valence electrons. The Balaban J connectivity index is 3.12. The van der Waals surface area contributed by atoms with Crippen LogP contribution in [0.5, 0.6) is 0 Å². The number of allylic oxidation sites excluding steroid dienone is 1. The van der Waals surface area contributed by atoms with Gasteiger partial charge in [-0.1, -0.05) is 125 Å². The van der Waals surface area contributed by atoms with Gasteiger partial charge in [-0.2, -0.15) is 12.6 Å². The summed E-state index contributed by atoms with van der Waals surface area (Å²) < 4.78 is 12.5. The molecule has 0 heterocycles. The molecule has 0 aliphatic rings. The molecule has 3 unspecified atom stereocenters. The largest absolute Gasteiger partial charge is 0.498 e. The molecule has 1 rings (SSSR count). The summed E-state index contributed by atoms with van der Waals surface area (Å²) >= 11 is 4.48. The van der Waals surface area contributed by atoms with Crippen LogP contribution < -0.4 is 10.8 Å². The molecule has 0 aromatic heterocycles. The van der Waals surface area contributed by atoms with Crippen molar-refractivity contribution in [2.45, 2.75) is 134 Å². The van der Waals surface area contributed by atoms with E-state index < -0.39 is 10.8 Å². The third kappa shape index (κ3) is 11.2. The Morgan fingerprint density at radius 2 is 1.43 bits per heavy atom. The predicted octanol–water partition coefficient (Wildman–Crippen LogP) is 9.63. The Labute approximate surface area is 291 Å². The molecule has 3 atom stereocenters. The Morgan fingerprint density at radius 1 is 0.870 bits per heavy atom. The summed E-state index contributed by atoms with van der Waals surface area (Å²) in [7, 11) is 6.08. The fourth-order valence-corrected chi connectivity index (χ4v) is 6.67. The van der Waals surface area contributed by atoms with E-state index in [1.54, 1.807) is 0 Å². The first kappa shape index (κ1) is 42.4. The molecule has 0 saturated heterocycles. The van der Waals surface area contributed by atoms with Gasteiger partial charge in [-0.3, -0.25) is 4.79 Å². The predicted molar refractivity (Wildman–Crippen MR) is 203 cm³/mol. The van der Waals surface area contributed by atoms with Gasteiger partial charge in [-0.05, 0) is 79.7 Å². The van der Waals surface area contributed by atoms with E-state index in [4.69, 9.17) is 17.3 Å². The van der Waals surface area contributed by atoms with Crippen LogP contribution in [-0.4, -0.2) is 38.8 Å². The molecule has 0 spiro atoms. The second-order valence-electron chi connectivity index (χ2n) is 17.4. The fourth-order valence-electron chi connectivity index (χ4n) is 6.55. The quantitative estimate of drug-likeness (QED) is 0.0390. The fraction of sp³-hybridized carbons (Fsp3) is 0.725. The van der Waals surface area contributed by atoms with Gasteiger partial charge in [-0.15, -0.1) is 0 Å². The first-order chi connectivity index (χ1) is 20.8. The van der Waals surface area contributed by atoms with E-state index in [2.05, 4.69) is 114 Å². The number of carbonyl (C=O) groups excluding carboxylic acids is 1. The monoisotopic (exact) mass is 654 g/mol. The zero-order valence-electron chi connectivity index (χ0n) is 31.9.